The molecule has 0 bridgehead atoms. The van der Waals surface area contributed by atoms with Crippen LogP contribution >= 0.6 is 0 Å². The monoisotopic (exact) mass is 231 g/mol. The van der Waals surface area contributed by atoms with Gasteiger partial charge in [-0.1, -0.05) is 6.92 Å². The number of carboxylic acids is 1. The number of amides is 3. The zero-order chi connectivity index (χ0) is 12.7. The Hall–Kier alpha value is -1.79. The minimum Gasteiger partial charge on any atom is -0.480 e. The fourth-order valence-electron chi connectivity index (χ4n) is 1.03. The molecule has 0 radical (unpaired) electrons. The lowest BCUT2D eigenvalue weighted by Crippen LogP contribution is -2.50. The molecule has 0 aromatic heterocycles. The Labute approximate surface area is 93.6 Å². The van der Waals surface area contributed by atoms with Gasteiger partial charge >= 0.3 is 12.0 Å². The van der Waals surface area contributed by atoms with Crippen molar-refractivity contribution in [2.45, 2.75) is 26.3 Å². The molecule has 0 aliphatic carbocycles. The van der Waals surface area contributed by atoms with Gasteiger partial charge in [-0.25, -0.2) is 4.79 Å². The van der Waals surface area contributed by atoms with Gasteiger partial charge in [0.2, 0.25) is 5.91 Å². The molecule has 16 heavy (non-hydrogen) atoms. The van der Waals surface area contributed by atoms with Crippen molar-refractivity contribution in [1.29, 1.82) is 0 Å². The molecular weight excluding hydrogens is 214 g/mol. The van der Waals surface area contributed by atoms with Crippen LogP contribution in [-0.4, -0.2) is 47.0 Å². The second-order valence-corrected chi connectivity index (χ2v) is 3.39. The van der Waals surface area contributed by atoms with Crippen molar-refractivity contribution >= 4 is 17.9 Å². The first-order valence-electron chi connectivity index (χ1n) is 4.95. The molecule has 0 saturated carbocycles. The molecule has 7 heteroatoms. The summed E-state index contributed by atoms with van der Waals surface area (Å²) in [6, 6.07) is -1.42. The van der Waals surface area contributed by atoms with Gasteiger partial charge in [0.05, 0.1) is 0 Å². The largest absolute Gasteiger partial charge is 0.480 e. The van der Waals surface area contributed by atoms with E-state index in [2.05, 4.69) is 5.32 Å². The Balaban J connectivity index is 4.37. The van der Waals surface area contributed by atoms with Crippen LogP contribution in [0.1, 0.15) is 20.3 Å². The Morgan fingerprint density at radius 1 is 1.44 bits per heavy atom. The fourth-order valence-corrected chi connectivity index (χ4v) is 1.03. The molecule has 0 fully saturated rings. The first kappa shape index (κ1) is 14.2. The van der Waals surface area contributed by atoms with E-state index >= 15 is 0 Å². The number of primary amides is 1. The number of nitrogens with two attached hydrogens (primary N) is 1. The fraction of sp³-hybridized carbons (Fsp3) is 0.667. The van der Waals surface area contributed by atoms with Crippen LogP contribution in [-0.2, 0) is 9.59 Å². The van der Waals surface area contributed by atoms with Crippen LogP contribution < -0.4 is 11.1 Å². The number of hydrogen-bond acceptors (Lipinski definition) is 3. The first-order chi connectivity index (χ1) is 7.38. The molecule has 0 spiro atoms. The normalized spacial score (nSPS) is 11.6. The van der Waals surface area contributed by atoms with Crippen molar-refractivity contribution in [3.63, 3.8) is 0 Å². The highest BCUT2D eigenvalue weighted by atomic mass is 16.4. The number of carbonyl (C=O) groups is 3. The summed E-state index contributed by atoms with van der Waals surface area (Å²) in [6.07, 6.45) is 0.631. The highest BCUT2D eigenvalue weighted by molar-refractivity contribution is 5.86. The smallest absolute Gasteiger partial charge is 0.323 e. The van der Waals surface area contributed by atoms with E-state index < -0.39 is 30.5 Å². The van der Waals surface area contributed by atoms with E-state index in [0.717, 1.165) is 4.90 Å². The molecule has 1 atom stereocenters. The van der Waals surface area contributed by atoms with Crippen LogP contribution in [0.2, 0.25) is 0 Å². The van der Waals surface area contributed by atoms with Gasteiger partial charge in [0.25, 0.3) is 0 Å². The summed E-state index contributed by atoms with van der Waals surface area (Å²) < 4.78 is 0. The molecule has 0 aliphatic rings. The molecule has 1 unspecified atom stereocenters. The standard InChI is InChI=1S/C9H17N3O4/c1-3-4-12(5-7(13)14)9(16)11-6(2)8(10)15/h6H,3-5H2,1-2H3,(H2,10,15)(H,11,16)(H,13,14). The van der Waals surface area contributed by atoms with Crippen LogP contribution in [0.3, 0.4) is 0 Å². The minimum atomic E-state index is -1.10. The molecule has 0 aliphatic heterocycles. The maximum absolute atomic E-state index is 11.5. The second kappa shape index (κ2) is 6.65. The number of nitrogens with zero attached hydrogens (tertiary/aromatic N) is 1. The molecule has 7 nitrogen and oxygen atoms in total. The SMILES string of the molecule is CCCN(CC(=O)O)C(=O)NC(C)C(N)=O. The van der Waals surface area contributed by atoms with Crippen LogP contribution in [0.4, 0.5) is 4.79 Å². The zero-order valence-corrected chi connectivity index (χ0v) is 9.40. The number of carbonyl (C=O) groups excluding carboxylic acids is 2. The van der Waals surface area contributed by atoms with Crippen molar-refractivity contribution in [1.82, 2.24) is 10.2 Å². The third-order valence-electron chi connectivity index (χ3n) is 1.87. The third-order valence-corrected chi connectivity index (χ3v) is 1.87. The van der Waals surface area contributed by atoms with Gasteiger partial charge in [-0.15, -0.1) is 0 Å². The van der Waals surface area contributed by atoms with Crippen molar-refractivity contribution in [2.75, 3.05) is 13.1 Å². The highest BCUT2D eigenvalue weighted by Gasteiger charge is 2.19. The lowest BCUT2D eigenvalue weighted by atomic mass is 10.3. The Bertz CT molecular complexity index is 280. The molecular formula is C9H17N3O4. The number of aliphatic carboxylic acids is 1. The third kappa shape index (κ3) is 5.18. The topological polar surface area (TPSA) is 113 Å². The van der Waals surface area contributed by atoms with Crippen molar-refractivity contribution in [3.05, 3.63) is 0 Å². The second-order valence-electron chi connectivity index (χ2n) is 3.39. The van der Waals surface area contributed by atoms with Crippen LogP contribution in [0.15, 0.2) is 0 Å². The van der Waals surface area contributed by atoms with E-state index in [-0.39, 0.29) is 0 Å². The average molecular weight is 231 g/mol. The van der Waals surface area contributed by atoms with Gasteiger partial charge in [0.15, 0.2) is 0 Å². The summed E-state index contributed by atoms with van der Waals surface area (Å²) in [6.45, 7) is 3.17. The van der Waals surface area contributed by atoms with Gasteiger partial charge < -0.3 is 21.1 Å². The molecule has 92 valence electrons. The lowest BCUT2D eigenvalue weighted by molar-refractivity contribution is -0.137. The van der Waals surface area contributed by atoms with Gasteiger partial charge in [-0.05, 0) is 13.3 Å². The maximum Gasteiger partial charge on any atom is 0.323 e. The molecule has 0 saturated heterocycles. The Morgan fingerprint density at radius 3 is 2.38 bits per heavy atom. The predicted molar refractivity (Wildman–Crippen MR) is 56.7 cm³/mol. The molecule has 0 heterocycles. The molecule has 0 aromatic carbocycles. The lowest BCUT2D eigenvalue weighted by Gasteiger charge is -2.22. The van der Waals surface area contributed by atoms with Gasteiger partial charge in [0, 0.05) is 6.54 Å². The molecule has 0 aromatic rings. The number of carboxylic acid groups (broad SMARTS) is 1. The molecule has 4 N–H and O–H groups in total. The Kier molecular flexibility index (Phi) is 5.91. The summed E-state index contributed by atoms with van der Waals surface area (Å²) in [4.78, 5) is 33.8. The van der Waals surface area contributed by atoms with E-state index in [4.69, 9.17) is 10.8 Å². The van der Waals surface area contributed by atoms with E-state index in [0.29, 0.717) is 13.0 Å². The first-order valence-corrected chi connectivity index (χ1v) is 4.95. The minimum absolute atomic E-state index is 0.309. The number of rotatable bonds is 6. The van der Waals surface area contributed by atoms with E-state index in [1.165, 1.54) is 6.92 Å². The average Bonchev–Trinajstić information content (AvgIpc) is 2.16. The zero-order valence-electron chi connectivity index (χ0n) is 9.40. The summed E-state index contributed by atoms with van der Waals surface area (Å²) in [5.41, 5.74) is 4.97. The summed E-state index contributed by atoms with van der Waals surface area (Å²) in [5, 5.41) is 10.9. The maximum atomic E-state index is 11.5. The van der Waals surface area contributed by atoms with Gasteiger partial charge in [0.1, 0.15) is 12.6 Å². The number of nitrogens with one attached hydrogen (secondary N) is 1. The van der Waals surface area contributed by atoms with Crippen molar-refractivity contribution in [2.24, 2.45) is 5.73 Å². The summed E-state index contributed by atoms with van der Waals surface area (Å²) >= 11 is 0. The van der Waals surface area contributed by atoms with Crippen molar-refractivity contribution < 1.29 is 19.5 Å². The number of hydrogen-bond donors (Lipinski definition) is 3. The quantitative estimate of drug-likeness (QED) is 0.564. The Morgan fingerprint density at radius 2 is 2.00 bits per heavy atom. The van der Waals surface area contributed by atoms with Gasteiger partial charge in [-0.2, -0.15) is 0 Å². The van der Waals surface area contributed by atoms with Crippen LogP contribution in [0.25, 0.3) is 0 Å². The summed E-state index contributed by atoms with van der Waals surface area (Å²) in [7, 11) is 0. The molecule has 0 rings (SSSR count). The van der Waals surface area contributed by atoms with E-state index in [1.807, 2.05) is 6.92 Å². The summed E-state index contributed by atoms with van der Waals surface area (Å²) in [5.74, 6) is -1.77. The van der Waals surface area contributed by atoms with E-state index in [9.17, 15) is 14.4 Å². The molecule has 3 amide bonds. The van der Waals surface area contributed by atoms with Crippen LogP contribution in [0.5, 0.6) is 0 Å². The number of urea groups is 1. The van der Waals surface area contributed by atoms with Crippen molar-refractivity contribution in [3.8, 4) is 0 Å². The van der Waals surface area contributed by atoms with Crippen LogP contribution in [0, 0.1) is 0 Å². The van der Waals surface area contributed by atoms with E-state index in [1.54, 1.807) is 0 Å². The highest BCUT2D eigenvalue weighted by Crippen LogP contribution is 1.94. The van der Waals surface area contributed by atoms with Gasteiger partial charge in [-0.3, -0.25) is 9.59 Å². The predicted octanol–water partition coefficient (Wildman–Crippen LogP) is -0.634.